The first-order valence-corrected chi connectivity index (χ1v) is 19.3. The smallest absolute Gasteiger partial charge is 0.303 e. The third-order valence-corrected chi connectivity index (χ3v) is 8.30. The van der Waals surface area contributed by atoms with Gasteiger partial charge in [-0.3, -0.25) is 9.59 Å². The molecule has 0 saturated carbocycles. The first kappa shape index (κ1) is 48.3. The van der Waals surface area contributed by atoms with Crippen LogP contribution in [0.25, 0.3) is 0 Å². The molecule has 0 spiro atoms. The fraction of sp³-hybridized carbons (Fsp3) is 0.850. The minimum absolute atomic E-state index is 0. The Morgan fingerprint density at radius 1 is 0.356 bits per heavy atom. The number of carboxylic acids is 2. The van der Waals surface area contributed by atoms with E-state index in [1.807, 2.05) is 0 Å². The van der Waals surface area contributed by atoms with Gasteiger partial charge in [0.1, 0.15) is 0 Å². The predicted molar refractivity (Wildman–Crippen MR) is 193 cm³/mol. The monoisotopic (exact) mass is 677 g/mol. The molecular formula is C40H76FeO4. The SMILES string of the molecule is CCCCCCCC/C=C\CCCCCCCCCC(=O)O.CCCCCCCC/C=C\CCCCCCCCCC(=O)O.[Fe]. The zero-order chi connectivity index (χ0) is 32.6. The Hall–Kier alpha value is -1.06. The maximum absolute atomic E-state index is 10.4. The molecule has 0 aromatic carbocycles. The summed E-state index contributed by atoms with van der Waals surface area (Å²) in [4.78, 5) is 20.7. The van der Waals surface area contributed by atoms with E-state index in [4.69, 9.17) is 10.2 Å². The molecule has 0 aliphatic heterocycles. The third-order valence-electron chi connectivity index (χ3n) is 8.30. The van der Waals surface area contributed by atoms with E-state index in [-0.39, 0.29) is 17.1 Å². The number of carboxylic acid groups (broad SMARTS) is 2. The predicted octanol–water partition coefficient (Wildman–Crippen LogP) is 13.8. The normalized spacial score (nSPS) is 11.1. The summed E-state index contributed by atoms with van der Waals surface area (Å²) in [5.74, 6) is -1.32. The average molecular weight is 677 g/mol. The van der Waals surface area contributed by atoms with E-state index in [0.29, 0.717) is 12.8 Å². The van der Waals surface area contributed by atoms with Gasteiger partial charge in [0.2, 0.25) is 0 Å². The molecule has 0 aromatic rings. The van der Waals surface area contributed by atoms with E-state index < -0.39 is 11.9 Å². The van der Waals surface area contributed by atoms with Crippen molar-refractivity contribution < 1.29 is 36.9 Å². The molecular weight excluding hydrogens is 600 g/mol. The van der Waals surface area contributed by atoms with Gasteiger partial charge in [0.25, 0.3) is 0 Å². The fourth-order valence-corrected chi connectivity index (χ4v) is 5.40. The van der Waals surface area contributed by atoms with Gasteiger partial charge in [0.05, 0.1) is 0 Å². The van der Waals surface area contributed by atoms with Crippen molar-refractivity contribution >= 4 is 11.9 Å². The van der Waals surface area contributed by atoms with Crippen molar-refractivity contribution in [3.8, 4) is 0 Å². The van der Waals surface area contributed by atoms with Crippen LogP contribution in [0.3, 0.4) is 0 Å². The van der Waals surface area contributed by atoms with Crippen LogP contribution in [0, 0.1) is 0 Å². The van der Waals surface area contributed by atoms with Crippen LogP contribution in [0.2, 0.25) is 0 Å². The molecule has 4 nitrogen and oxygen atoms in total. The summed E-state index contributed by atoms with van der Waals surface area (Å²) in [7, 11) is 0. The molecule has 0 heterocycles. The van der Waals surface area contributed by atoms with Gasteiger partial charge >= 0.3 is 11.9 Å². The minimum Gasteiger partial charge on any atom is -0.481 e. The molecule has 0 saturated heterocycles. The molecule has 0 aliphatic carbocycles. The topological polar surface area (TPSA) is 74.6 Å². The van der Waals surface area contributed by atoms with Crippen LogP contribution in [0.15, 0.2) is 24.3 Å². The van der Waals surface area contributed by atoms with E-state index >= 15 is 0 Å². The van der Waals surface area contributed by atoms with E-state index in [2.05, 4.69) is 38.2 Å². The first-order valence-electron chi connectivity index (χ1n) is 19.3. The van der Waals surface area contributed by atoms with Gasteiger partial charge in [-0.1, -0.05) is 167 Å². The van der Waals surface area contributed by atoms with Gasteiger partial charge in [-0.2, -0.15) is 0 Å². The van der Waals surface area contributed by atoms with Gasteiger partial charge < -0.3 is 10.2 Å². The van der Waals surface area contributed by atoms with Gasteiger partial charge in [-0.25, -0.2) is 0 Å². The number of allylic oxidation sites excluding steroid dienone is 4. The number of unbranched alkanes of at least 4 members (excludes halogenated alkanes) is 26. The van der Waals surface area contributed by atoms with Crippen molar-refractivity contribution in [3.63, 3.8) is 0 Å². The molecule has 0 fully saturated rings. The Bertz CT molecular complexity index is 578. The maximum Gasteiger partial charge on any atom is 0.303 e. The summed E-state index contributed by atoms with van der Waals surface area (Å²) < 4.78 is 0. The molecule has 0 amide bonds. The van der Waals surface area contributed by atoms with E-state index in [0.717, 1.165) is 25.7 Å². The largest absolute Gasteiger partial charge is 0.481 e. The van der Waals surface area contributed by atoms with Crippen LogP contribution in [0.5, 0.6) is 0 Å². The van der Waals surface area contributed by atoms with Gasteiger partial charge in [-0.05, 0) is 64.2 Å². The molecule has 0 aliphatic rings. The van der Waals surface area contributed by atoms with Gasteiger partial charge in [-0.15, -0.1) is 0 Å². The number of rotatable bonds is 34. The minimum atomic E-state index is -0.659. The first-order chi connectivity index (χ1) is 21.5. The summed E-state index contributed by atoms with van der Waals surface area (Å²) in [5, 5.41) is 17.1. The van der Waals surface area contributed by atoms with Crippen molar-refractivity contribution in [1.82, 2.24) is 0 Å². The van der Waals surface area contributed by atoms with Crippen molar-refractivity contribution in [2.45, 2.75) is 219 Å². The Labute approximate surface area is 291 Å². The second-order valence-electron chi connectivity index (χ2n) is 12.9. The number of hydrogen-bond acceptors (Lipinski definition) is 2. The molecule has 0 atom stereocenters. The third kappa shape index (κ3) is 52.7. The zero-order valence-electron chi connectivity index (χ0n) is 30.0. The van der Waals surface area contributed by atoms with Crippen molar-refractivity contribution in [3.05, 3.63) is 24.3 Å². The molecule has 0 rings (SSSR count). The van der Waals surface area contributed by atoms with Crippen molar-refractivity contribution in [1.29, 1.82) is 0 Å². The molecule has 0 bridgehead atoms. The molecule has 0 aromatic heterocycles. The standard InChI is InChI=1S/2C20H38O2.Fe/c2*1-2-3-4-5-6-7-8-9-10-11-12-13-14-15-16-17-18-19-20(21)22;/h2*9-10H,2-8,11-19H2,1H3,(H,21,22);/b2*10-9-;. The Morgan fingerprint density at radius 3 is 0.778 bits per heavy atom. The van der Waals surface area contributed by atoms with Gasteiger partial charge in [0.15, 0.2) is 0 Å². The fourth-order valence-electron chi connectivity index (χ4n) is 5.40. The summed E-state index contributed by atoms with van der Waals surface area (Å²) in [5.41, 5.74) is 0. The Kier molecular flexibility index (Phi) is 48.4. The summed E-state index contributed by atoms with van der Waals surface area (Å²) in [6, 6.07) is 0. The molecule has 268 valence electrons. The van der Waals surface area contributed by atoms with Gasteiger partial charge in [0, 0.05) is 29.9 Å². The number of carbonyl (C=O) groups is 2. The van der Waals surface area contributed by atoms with Crippen LogP contribution in [0.1, 0.15) is 219 Å². The van der Waals surface area contributed by atoms with Crippen LogP contribution >= 0.6 is 0 Å². The summed E-state index contributed by atoms with van der Waals surface area (Å²) in [6.07, 6.45) is 48.3. The quantitative estimate of drug-likeness (QED) is 0.0404. The van der Waals surface area contributed by atoms with Crippen molar-refractivity contribution in [2.75, 3.05) is 0 Å². The van der Waals surface area contributed by atoms with Crippen LogP contribution in [-0.2, 0) is 26.7 Å². The van der Waals surface area contributed by atoms with E-state index in [9.17, 15) is 9.59 Å². The molecule has 0 radical (unpaired) electrons. The van der Waals surface area contributed by atoms with Crippen LogP contribution < -0.4 is 0 Å². The summed E-state index contributed by atoms with van der Waals surface area (Å²) in [6.45, 7) is 4.53. The molecule has 2 N–H and O–H groups in total. The summed E-state index contributed by atoms with van der Waals surface area (Å²) >= 11 is 0. The maximum atomic E-state index is 10.4. The zero-order valence-corrected chi connectivity index (χ0v) is 31.1. The van der Waals surface area contributed by atoms with Crippen molar-refractivity contribution in [2.24, 2.45) is 0 Å². The second-order valence-corrected chi connectivity index (χ2v) is 12.9. The molecule has 45 heavy (non-hydrogen) atoms. The van der Waals surface area contributed by atoms with Crippen LogP contribution in [-0.4, -0.2) is 22.2 Å². The number of hydrogen-bond donors (Lipinski definition) is 2. The van der Waals surface area contributed by atoms with E-state index in [1.165, 1.54) is 167 Å². The molecule has 5 heteroatoms. The van der Waals surface area contributed by atoms with E-state index in [1.54, 1.807) is 0 Å². The second kappa shape index (κ2) is 45.1. The molecule has 0 unspecified atom stereocenters. The Morgan fingerprint density at radius 2 is 0.556 bits per heavy atom. The average Bonchev–Trinajstić information content (AvgIpc) is 3.00. The number of aliphatic carboxylic acids is 2. The Balaban J connectivity index is -0.000000767. The van der Waals surface area contributed by atoms with Crippen LogP contribution in [0.4, 0.5) is 0 Å².